The first-order chi connectivity index (χ1) is 12.6. The standard InChI is InChI=1S/C18H17ClN6S/c1-11(2)25-10-22-15-16(23-18(19)24-17(15)25)21-9-12-5-6-13(20-8-12)14-4-3-7-26-14/h3-8,10-11H,9H2,1-2H3,(H,21,23,24). The monoisotopic (exact) mass is 384 g/mol. The maximum Gasteiger partial charge on any atom is 0.226 e. The minimum Gasteiger partial charge on any atom is -0.364 e. The van der Waals surface area contributed by atoms with E-state index in [1.54, 1.807) is 17.7 Å². The van der Waals surface area contributed by atoms with Crippen molar-refractivity contribution in [3.05, 3.63) is 53.0 Å². The van der Waals surface area contributed by atoms with Gasteiger partial charge in [0.05, 0.1) is 16.9 Å². The van der Waals surface area contributed by atoms with Gasteiger partial charge in [0.25, 0.3) is 0 Å². The Morgan fingerprint density at radius 3 is 2.77 bits per heavy atom. The van der Waals surface area contributed by atoms with E-state index in [4.69, 9.17) is 11.6 Å². The molecular weight excluding hydrogens is 368 g/mol. The number of halogens is 1. The number of anilines is 1. The topological polar surface area (TPSA) is 68.5 Å². The number of imidazole rings is 1. The van der Waals surface area contributed by atoms with Gasteiger partial charge in [0.2, 0.25) is 5.28 Å². The molecule has 4 aromatic rings. The summed E-state index contributed by atoms with van der Waals surface area (Å²) >= 11 is 7.78. The maximum atomic E-state index is 6.10. The average molecular weight is 385 g/mol. The number of nitrogens with zero attached hydrogens (tertiary/aromatic N) is 5. The first-order valence-electron chi connectivity index (χ1n) is 8.24. The predicted molar refractivity (Wildman–Crippen MR) is 106 cm³/mol. The van der Waals surface area contributed by atoms with Crippen LogP contribution in [0.3, 0.4) is 0 Å². The number of nitrogens with one attached hydrogen (secondary N) is 1. The van der Waals surface area contributed by atoms with E-state index in [1.165, 1.54) is 0 Å². The van der Waals surface area contributed by atoms with Crippen LogP contribution in [0.25, 0.3) is 21.7 Å². The Morgan fingerprint density at radius 2 is 2.08 bits per heavy atom. The normalized spacial score (nSPS) is 11.4. The van der Waals surface area contributed by atoms with Gasteiger partial charge < -0.3 is 9.88 Å². The van der Waals surface area contributed by atoms with Crippen molar-refractivity contribution in [3.63, 3.8) is 0 Å². The van der Waals surface area contributed by atoms with Gasteiger partial charge in [0.1, 0.15) is 0 Å². The van der Waals surface area contributed by atoms with Crippen LogP contribution in [-0.4, -0.2) is 24.5 Å². The van der Waals surface area contributed by atoms with Crippen molar-refractivity contribution in [2.45, 2.75) is 26.4 Å². The Bertz CT molecular complexity index is 1020. The van der Waals surface area contributed by atoms with Crippen molar-refractivity contribution in [2.75, 3.05) is 5.32 Å². The van der Waals surface area contributed by atoms with Crippen LogP contribution in [0.4, 0.5) is 5.82 Å². The summed E-state index contributed by atoms with van der Waals surface area (Å²) < 4.78 is 1.98. The van der Waals surface area contributed by atoms with Crippen LogP contribution in [0, 0.1) is 0 Å². The molecule has 1 N–H and O–H groups in total. The second kappa shape index (κ2) is 7.01. The summed E-state index contributed by atoms with van der Waals surface area (Å²) in [5, 5.41) is 5.55. The molecule has 0 fully saturated rings. The lowest BCUT2D eigenvalue weighted by Crippen LogP contribution is -2.05. The summed E-state index contributed by atoms with van der Waals surface area (Å²) in [6, 6.07) is 8.42. The van der Waals surface area contributed by atoms with E-state index >= 15 is 0 Å². The van der Waals surface area contributed by atoms with E-state index in [0.29, 0.717) is 17.9 Å². The third-order valence-corrected chi connectivity index (χ3v) is 5.07. The SMILES string of the molecule is CC(C)n1cnc2c(NCc3ccc(-c4cccs4)nc3)nc(Cl)nc21. The molecule has 8 heteroatoms. The lowest BCUT2D eigenvalue weighted by Gasteiger charge is -2.09. The predicted octanol–water partition coefficient (Wildman–Crippen LogP) is 4.80. The number of hydrogen-bond acceptors (Lipinski definition) is 6. The summed E-state index contributed by atoms with van der Waals surface area (Å²) in [4.78, 5) is 18.7. The van der Waals surface area contributed by atoms with Gasteiger partial charge in [-0.15, -0.1) is 11.3 Å². The summed E-state index contributed by atoms with van der Waals surface area (Å²) in [5.41, 5.74) is 3.48. The van der Waals surface area contributed by atoms with Crippen LogP contribution in [0.15, 0.2) is 42.2 Å². The van der Waals surface area contributed by atoms with Crippen molar-refractivity contribution < 1.29 is 0 Å². The summed E-state index contributed by atoms with van der Waals surface area (Å²) in [7, 11) is 0. The molecule has 0 aliphatic heterocycles. The zero-order valence-electron chi connectivity index (χ0n) is 14.3. The number of rotatable bonds is 5. The molecule has 0 radical (unpaired) electrons. The van der Waals surface area contributed by atoms with E-state index in [9.17, 15) is 0 Å². The van der Waals surface area contributed by atoms with E-state index in [0.717, 1.165) is 21.8 Å². The van der Waals surface area contributed by atoms with Gasteiger partial charge in [-0.25, -0.2) is 4.98 Å². The van der Waals surface area contributed by atoms with Crippen LogP contribution in [0.1, 0.15) is 25.5 Å². The Morgan fingerprint density at radius 1 is 1.19 bits per heavy atom. The first-order valence-corrected chi connectivity index (χ1v) is 9.50. The van der Waals surface area contributed by atoms with Crippen LogP contribution >= 0.6 is 22.9 Å². The van der Waals surface area contributed by atoms with Crippen LogP contribution in [-0.2, 0) is 6.54 Å². The fourth-order valence-electron chi connectivity index (χ4n) is 2.68. The molecule has 0 saturated carbocycles. The number of hydrogen-bond donors (Lipinski definition) is 1. The molecule has 0 amide bonds. The Hall–Kier alpha value is -2.51. The molecule has 0 bridgehead atoms. The third kappa shape index (κ3) is 3.27. The zero-order valence-corrected chi connectivity index (χ0v) is 15.9. The van der Waals surface area contributed by atoms with Crippen molar-refractivity contribution in [1.29, 1.82) is 0 Å². The summed E-state index contributed by atoms with van der Waals surface area (Å²) in [6.45, 7) is 4.73. The largest absolute Gasteiger partial charge is 0.364 e. The van der Waals surface area contributed by atoms with Crippen LogP contribution < -0.4 is 5.32 Å². The quantitative estimate of drug-likeness (QED) is 0.501. The van der Waals surface area contributed by atoms with Crippen molar-refractivity contribution >= 4 is 39.9 Å². The van der Waals surface area contributed by atoms with Gasteiger partial charge in [-0.1, -0.05) is 12.1 Å². The van der Waals surface area contributed by atoms with Gasteiger partial charge >= 0.3 is 0 Å². The van der Waals surface area contributed by atoms with E-state index in [-0.39, 0.29) is 11.3 Å². The Balaban J connectivity index is 1.56. The zero-order chi connectivity index (χ0) is 18.1. The Kier molecular flexibility index (Phi) is 4.57. The molecule has 4 heterocycles. The summed E-state index contributed by atoms with van der Waals surface area (Å²) in [5.74, 6) is 0.627. The minimum absolute atomic E-state index is 0.202. The fraction of sp³-hybridized carbons (Fsp3) is 0.222. The molecule has 0 spiro atoms. The molecule has 0 saturated heterocycles. The number of thiophene rings is 1. The van der Waals surface area contributed by atoms with Gasteiger partial charge in [-0.2, -0.15) is 9.97 Å². The maximum absolute atomic E-state index is 6.10. The second-order valence-corrected chi connectivity index (χ2v) is 7.43. The molecule has 0 aliphatic rings. The molecule has 4 aromatic heterocycles. The van der Waals surface area contributed by atoms with E-state index in [1.807, 2.05) is 28.3 Å². The molecular formula is C18H17ClN6S. The van der Waals surface area contributed by atoms with Crippen LogP contribution in [0.5, 0.6) is 0 Å². The molecule has 0 atom stereocenters. The Labute approximate surface area is 159 Å². The van der Waals surface area contributed by atoms with Gasteiger partial charge in [0, 0.05) is 18.8 Å². The number of fused-ring (bicyclic) bond motifs is 1. The second-order valence-electron chi connectivity index (χ2n) is 6.14. The van der Waals surface area contributed by atoms with Crippen molar-refractivity contribution in [3.8, 4) is 10.6 Å². The highest BCUT2D eigenvalue weighted by molar-refractivity contribution is 7.13. The fourth-order valence-corrected chi connectivity index (χ4v) is 3.54. The van der Waals surface area contributed by atoms with Gasteiger partial charge in [-0.3, -0.25) is 4.98 Å². The number of aromatic nitrogens is 5. The lowest BCUT2D eigenvalue weighted by atomic mass is 10.2. The third-order valence-electron chi connectivity index (χ3n) is 4.01. The van der Waals surface area contributed by atoms with Gasteiger partial charge in [-0.05, 0) is 48.5 Å². The molecule has 0 aromatic carbocycles. The van der Waals surface area contributed by atoms with E-state index < -0.39 is 0 Å². The molecule has 0 unspecified atom stereocenters. The van der Waals surface area contributed by atoms with Crippen molar-refractivity contribution in [1.82, 2.24) is 24.5 Å². The average Bonchev–Trinajstić information content (AvgIpc) is 3.29. The highest BCUT2D eigenvalue weighted by Gasteiger charge is 2.14. The number of pyridine rings is 1. The van der Waals surface area contributed by atoms with Crippen LogP contribution in [0.2, 0.25) is 5.28 Å². The minimum atomic E-state index is 0.202. The van der Waals surface area contributed by atoms with E-state index in [2.05, 4.69) is 51.2 Å². The first kappa shape index (κ1) is 16.9. The molecule has 4 rings (SSSR count). The lowest BCUT2D eigenvalue weighted by molar-refractivity contribution is 0.612. The molecule has 26 heavy (non-hydrogen) atoms. The molecule has 132 valence electrons. The van der Waals surface area contributed by atoms with Gasteiger partial charge in [0.15, 0.2) is 17.0 Å². The summed E-state index contributed by atoms with van der Waals surface area (Å²) in [6.07, 6.45) is 3.64. The van der Waals surface area contributed by atoms with Crippen molar-refractivity contribution in [2.24, 2.45) is 0 Å². The molecule has 6 nitrogen and oxygen atoms in total. The highest BCUT2D eigenvalue weighted by atomic mass is 35.5. The smallest absolute Gasteiger partial charge is 0.226 e. The molecule has 0 aliphatic carbocycles. The highest BCUT2D eigenvalue weighted by Crippen LogP contribution is 2.25.